The first kappa shape index (κ1) is 15.4. The first-order valence-electron chi connectivity index (χ1n) is 5.81. The van der Waals surface area contributed by atoms with Crippen LogP contribution >= 0.6 is 0 Å². The topological polar surface area (TPSA) is 71.4 Å². The number of carbonyl (C=O) groups is 1. The number of carboxylic acid groups (broad SMARTS) is 1. The lowest BCUT2D eigenvalue weighted by Gasteiger charge is -2.00. The van der Waals surface area contributed by atoms with E-state index in [9.17, 15) is 13.2 Å². The van der Waals surface area contributed by atoms with Crippen molar-refractivity contribution in [1.82, 2.24) is 0 Å². The minimum Gasteiger partial charge on any atom is -0.481 e. The van der Waals surface area contributed by atoms with Crippen LogP contribution in [0.25, 0.3) is 0 Å². The highest BCUT2D eigenvalue weighted by Gasteiger charge is 2.01. The molecule has 0 aliphatic rings. The van der Waals surface area contributed by atoms with E-state index in [4.69, 9.17) is 5.11 Å². The molecule has 0 atom stereocenters. The fraction of sp³-hybridized carbons (Fsp3) is 0.909. The van der Waals surface area contributed by atoms with Crippen molar-refractivity contribution in [2.24, 2.45) is 0 Å². The van der Waals surface area contributed by atoms with Crippen LogP contribution < -0.4 is 0 Å². The Bertz CT molecular complexity index is 282. The number of aliphatic carboxylic acids is 1. The number of sulfone groups is 1. The van der Waals surface area contributed by atoms with Crippen molar-refractivity contribution in [3.63, 3.8) is 0 Å². The van der Waals surface area contributed by atoms with E-state index in [2.05, 4.69) is 0 Å². The Kier molecular flexibility index (Phi) is 8.25. The molecule has 5 heteroatoms. The molecule has 4 nitrogen and oxygen atoms in total. The van der Waals surface area contributed by atoms with E-state index in [1.165, 1.54) is 6.26 Å². The predicted molar refractivity (Wildman–Crippen MR) is 64.3 cm³/mol. The lowest BCUT2D eigenvalue weighted by Crippen LogP contribution is -2.02. The third-order valence-corrected chi connectivity index (χ3v) is 3.44. The molecule has 0 aromatic heterocycles. The van der Waals surface area contributed by atoms with Crippen molar-refractivity contribution in [2.45, 2.75) is 51.4 Å². The third-order valence-electron chi connectivity index (χ3n) is 2.41. The number of hydrogen-bond donors (Lipinski definition) is 1. The van der Waals surface area contributed by atoms with Crippen molar-refractivity contribution in [3.05, 3.63) is 0 Å². The van der Waals surface area contributed by atoms with Crippen LogP contribution in [0.5, 0.6) is 0 Å². The van der Waals surface area contributed by atoms with Gasteiger partial charge in [-0.2, -0.15) is 0 Å². The highest BCUT2D eigenvalue weighted by Crippen LogP contribution is 2.09. The molecule has 0 bridgehead atoms. The van der Waals surface area contributed by atoms with Gasteiger partial charge in [0.05, 0.1) is 0 Å². The van der Waals surface area contributed by atoms with Gasteiger partial charge in [-0.1, -0.05) is 32.1 Å². The maximum absolute atomic E-state index is 10.8. The summed E-state index contributed by atoms with van der Waals surface area (Å²) in [6.45, 7) is 0. The first-order valence-corrected chi connectivity index (χ1v) is 7.87. The summed E-state index contributed by atoms with van der Waals surface area (Å²) in [5, 5.41) is 8.41. The Morgan fingerprint density at radius 2 is 1.38 bits per heavy atom. The first-order chi connectivity index (χ1) is 7.42. The van der Waals surface area contributed by atoms with E-state index in [1.54, 1.807) is 0 Å². The Morgan fingerprint density at radius 1 is 0.938 bits per heavy atom. The molecule has 0 saturated heterocycles. The van der Waals surface area contributed by atoms with Gasteiger partial charge in [0.2, 0.25) is 0 Å². The van der Waals surface area contributed by atoms with Gasteiger partial charge < -0.3 is 5.11 Å². The van der Waals surface area contributed by atoms with Gasteiger partial charge in [0.25, 0.3) is 0 Å². The molecule has 0 amide bonds. The summed E-state index contributed by atoms with van der Waals surface area (Å²) in [5.74, 6) is -0.445. The van der Waals surface area contributed by atoms with Crippen molar-refractivity contribution < 1.29 is 18.3 Å². The lowest BCUT2D eigenvalue weighted by atomic mass is 10.1. The molecule has 0 fully saturated rings. The van der Waals surface area contributed by atoms with Crippen LogP contribution in [0.15, 0.2) is 0 Å². The van der Waals surface area contributed by atoms with Crippen LogP contribution in [0.1, 0.15) is 51.4 Å². The van der Waals surface area contributed by atoms with Gasteiger partial charge in [0.1, 0.15) is 9.84 Å². The van der Waals surface area contributed by atoms with Crippen LogP contribution in [-0.2, 0) is 14.6 Å². The predicted octanol–water partition coefficient (Wildman–Crippen LogP) is 2.24. The van der Waals surface area contributed by atoms with E-state index in [0.717, 1.165) is 44.9 Å². The third kappa shape index (κ3) is 13.4. The molecule has 0 aromatic carbocycles. The van der Waals surface area contributed by atoms with Crippen molar-refractivity contribution in [1.29, 1.82) is 0 Å². The van der Waals surface area contributed by atoms with E-state index >= 15 is 0 Å². The molecule has 16 heavy (non-hydrogen) atoms. The second-order valence-corrected chi connectivity index (χ2v) is 6.51. The van der Waals surface area contributed by atoms with Gasteiger partial charge >= 0.3 is 5.97 Å². The van der Waals surface area contributed by atoms with Crippen molar-refractivity contribution >= 4 is 15.8 Å². The molecule has 96 valence electrons. The summed E-state index contributed by atoms with van der Waals surface area (Å²) in [5.41, 5.74) is 0. The Labute approximate surface area is 98.0 Å². The van der Waals surface area contributed by atoms with Gasteiger partial charge in [-0.15, -0.1) is 0 Å². The van der Waals surface area contributed by atoms with Gasteiger partial charge in [0, 0.05) is 18.4 Å². The van der Waals surface area contributed by atoms with Crippen LogP contribution in [0.4, 0.5) is 0 Å². The molecule has 0 saturated carbocycles. The van der Waals surface area contributed by atoms with Crippen molar-refractivity contribution in [3.8, 4) is 0 Å². The highest BCUT2D eigenvalue weighted by molar-refractivity contribution is 7.90. The monoisotopic (exact) mass is 250 g/mol. The molecule has 0 aliphatic carbocycles. The molecular formula is C11H22O4S. The quantitative estimate of drug-likeness (QED) is 0.603. The van der Waals surface area contributed by atoms with Gasteiger partial charge in [-0.05, 0) is 12.8 Å². The minimum absolute atomic E-state index is 0.258. The number of rotatable bonds is 10. The molecule has 0 spiro atoms. The fourth-order valence-electron chi connectivity index (χ4n) is 1.52. The maximum Gasteiger partial charge on any atom is 0.303 e. The average Bonchev–Trinajstić information content (AvgIpc) is 2.13. The van der Waals surface area contributed by atoms with Gasteiger partial charge in [-0.3, -0.25) is 4.79 Å². The van der Waals surface area contributed by atoms with Crippen LogP contribution in [-0.4, -0.2) is 31.5 Å². The number of unbranched alkanes of at least 4 members (excludes halogenated alkanes) is 6. The zero-order valence-electron chi connectivity index (χ0n) is 9.94. The minimum atomic E-state index is -2.80. The fourth-order valence-corrected chi connectivity index (χ4v) is 2.25. The van der Waals surface area contributed by atoms with Crippen molar-refractivity contribution in [2.75, 3.05) is 12.0 Å². The van der Waals surface area contributed by atoms with Crippen LogP contribution in [0.2, 0.25) is 0 Å². The van der Waals surface area contributed by atoms with Crippen LogP contribution in [0, 0.1) is 0 Å². The standard InChI is InChI=1S/C11H22O4S/c1-16(14,15)10-8-6-4-2-3-5-7-9-11(12)13/h2-10H2,1H3,(H,12,13). The Hall–Kier alpha value is -0.580. The maximum atomic E-state index is 10.8. The zero-order valence-corrected chi connectivity index (χ0v) is 10.8. The summed E-state index contributed by atoms with van der Waals surface area (Å²) in [6.07, 6.45) is 8.09. The summed E-state index contributed by atoms with van der Waals surface area (Å²) >= 11 is 0. The summed E-state index contributed by atoms with van der Waals surface area (Å²) in [4.78, 5) is 10.2. The molecule has 0 aromatic rings. The Morgan fingerprint density at radius 3 is 1.81 bits per heavy atom. The smallest absolute Gasteiger partial charge is 0.303 e. The van der Waals surface area contributed by atoms with Gasteiger partial charge in [0.15, 0.2) is 0 Å². The summed E-state index contributed by atoms with van der Waals surface area (Å²) < 4.78 is 21.6. The normalized spacial score (nSPS) is 11.6. The second-order valence-electron chi connectivity index (χ2n) is 4.25. The lowest BCUT2D eigenvalue weighted by molar-refractivity contribution is -0.137. The molecule has 0 heterocycles. The molecule has 0 unspecified atom stereocenters. The van der Waals surface area contributed by atoms with E-state index < -0.39 is 15.8 Å². The van der Waals surface area contributed by atoms with E-state index in [0.29, 0.717) is 0 Å². The molecule has 1 N–H and O–H groups in total. The summed E-state index contributed by atoms with van der Waals surface area (Å²) in [6, 6.07) is 0. The zero-order chi connectivity index (χ0) is 12.4. The largest absolute Gasteiger partial charge is 0.481 e. The number of hydrogen-bond acceptors (Lipinski definition) is 3. The second kappa shape index (κ2) is 8.56. The SMILES string of the molecule is CS(=O)(=O)CCCCCCCCCC(=O)O. The Balaban J connectivity index is 3.13. The molecule has 0 rings (SSSR count). The highest BCUT2D eigenvalue weighted by atomic mass is 32.2. The van der Waals surface area contributed by atoms with Crippen LogP contribution in [0.3, 0.4) is 0 Å². The number of carboxylic acids is 1. The van der Waals surface area contributed by atoms with E-state index in [-0.39, 0.29) is 12.2 Å². The van der Waals surface area contributed by atoms with Gasteiger partial charge in [-0.25, -0.2) is 8.42 Å². The average molecular weight is 250 g/mol. The summed E-state index contributed by atoms with van der Waals surface area (Å²) in [7, 11) is -2.80. The molecule has 0 radical (unpaired) electrons. The molecule has 0 aliphatic heterocycles. The van der Waals surface area contributed by atoms with E-state index in [1.807, 2.05) is 0 Å². The molecular weight excluding hydrogens is 228 g/mol.